The first-order valence-corrected chi connectivity index (χ1v) is 5.92. The Hall–Kier alpha value is -0.920. The van der Waals surface area contributed by atoms with Crippen molar-refractivity contribution >= 4 is 15.9 Å². The monoisotopic (exact) mass is 285 g/mol. The van der Waals surface area contributed by atoms with Crippen molar-refractivity contribution in [2.24, 2.45) is 5.92 Å². The van der Waals surface area contributed by atoms with Crippen LogP contribution in [-0.2, 0) is 0 Å². The van der Waals surface area contributed by atoms with Crippen LogP contribution in [0.4, 0.5) is 4.39 Å². The molecule has 0 radical (unpaired) electrons. The van der Waals surface area contributed by atoms with Gasteiger partial charge in [-0.05, 0) is 18.6 Å². The molecule has 1 aromatic rings. The average Bonchev–Trinajstić information content (AvgIpc) is 2.25. The lowest BCUT2D eigenvalue weighted by molar-refractivity contribution is 0.126. The number of aliphatic hydroxyl groups excluding tert-OH is 1. The lowest BCUT2D eigenvalue weighted by Crippen LogP contribution is -2.12. The van der Waals surface area contributed by atoms with E-state index in [-0.39, 0.29) is 5.56 Å². The Bertz CT molecular complexity index is 402. The smallest absolute Gasteiger partial charge is 0.130 e. The van der Waals surface area contributed by atoms with E-state index in [1.54, 1.807) is 6.07 Å². The Balaban J connectivity index is 2.95. The molecule has 0 amide bonds. The summed E-state index contributed by atoms with van der Waals surface area (Å²) in [6, 6.07) is 6.46. The highest BCUT2D eigenvalue weighted by Crippen LogP contribution is 2.28. The number of hydrogen-bond donors (Lipinski definition) is 1. The van der Waals surface area contributed by atoms with Gasteiger partial charge in [0.2, 0.25) is 0 Å². The van der Waals surface area contributed by atoms with Gasteiger partial charge in [0.05, 0.1) is 18.1 Å². The largest absolute Gasteiger partial charge is 0.387 e. The van der Waals surface area contributed by atoms with Crippen LogP contribution >= 0.6 is 15.9 Å². The van der Waals surface area contributed by atoms with Gasteiger partial charge in [-0.3, -0.25) is 0 Å². The molecule has 0 aromatic heterocycles. The number of benzene rings is 1. The number of aliphatic hydroxyl groups is 1. The topological polar surface area (TPSA) is 44.0 Å². The maximum atomic E-state index is 13.5. The normalized spacial score (nSPS) is 14.2. The molecule has 0 saturated carbocycles. The molecule has 1 N–H and O–H groups in total. The zero-order valence-electron chi connectivity index (χ0n) is 8.95. The molecule has 2 unspecified atom stereocenters. The third-order valence-corrected chi connectivity index (χ3v) is 2.92. The first kappa shape index (κ1) is 13.1. The minimum Gasteiger partial charge on any atom is -0.387 e. The van der Waals surface area contributed by atoms with E-state index >= 15 is 0 Å². The van der Waals surface area contributed by atoms with Gasteiger partial charge >= 0.3 is 0 Å². The maximum absolute atomic E-state index is 13.5. The third kappa shape index (κ3) is 3.03. The molecule has 1 aromatic carbocycles. The second-order valence-corrected chi connectivity index (χ2v) is 4.55. The maximum Gasteiger partial charge on any atom is 0.130 e. The van der Waals surface area contributed by atoms with Crippen molar-refractivity contribution in [2.45, 2.75) is 25.9 Å². The lowest BCUT2D eigenvalue weighted by atomic mass is 9.93. The highest BCUT2D eigenvalue weighted by Gasteiger charge is 2.22. The molecule has 86 valence electrons. The molecular weight excluding hydrogens is 273 g/mol. The van der Waals surface area contributed by atoms with Crippen LogP contribution in [0.25, 0.3) is 0 Å². The van der Waals surface area contributed by atoms with E-state index in [0.717, 1.165) is 6.42 Å². The van der Waals surface area contributed by atoms with Gasteiger partial charge in [-0.25, -0.2) is 4.39 Å². The molecule has 0 bridgehead atoms. The SMILES string of the molecule is CCCC(C#N)C(O)c1ccc(Br)cc1F. The third-order valence-electron chi connectivity index (χ3n) is 2.43. The molecular formula is C12H13BrFNO. The molecule has 0 aliphatic heterocycles. The zero-order valence-corrected chi connectivity index (χ0v) is 10.5. The Labute approximate surface area is 103 Å². The predicted octanol–water partition coefficient (Wildman–Crippen LogP) is 3.56. The fourth-order valence-electron chi connectivity index (χ4n) is 1.56. The van der Waals surface area contributed by atoms with Crippen LogP contribution in [0.1, 0.15) is 31.4 Å². The Morgan fingerprint density at radius 3 is 2.75 bits per heavy atom. The Morgan fingerprint density at radius 1 is 1.56 bits per heavy atom. The van der Waals surface area contributed by atoms with E-state index in [9.17, 15) is 9.50 Å². The van der Waals surface area contributed by atoms with Gasteiger partial charge in [0.1, 0.15) is 5.82 Å². The molecule has 0 aliphatic rings. The number of nitrogens with zero attached hydrogens (tertiary/aromatic N) is 1. The van der Waals surface area contributed by atoms with Gasteiger partial charge in [0, 0.05) is 10.0 Å². The summed E-state index contributed by atoms with van der Waals surface area (Å²) in [5, 5.41) is 18.8. The Kier molecular flexibility index (Phi) is 4.91. The summed E-state index contributed by atoms with van der Waals surface area (Å²) in [6.07, 6.45) is 0.290. The summed E-state index contributed by atoms with van der Waals surface area (Å²) >= 11 is 3.14. The van der Waals surface area contributed by atoms with E-state index in [2.05, 4.69) is 15.9 Å². The van der Waals surface area contributed by atoms with Crippen molar-refractivity contribution in [3.8, 4) is 6.07 Å². The van der Waals surface area contributed by atoms with Crippen molar-refractivity contribution < 1.29 is 9.50 Å². The number of halogens is 2. The molecule has 1 rings (SSSR count). The average molecular weight is 286 g/mol. The van der Waals surface area contributed by atoms with Gasteiger partial charge < -0.3 is 5.11 Å². The van der Waals surface area contributed by atoms with Gasteiger partial charge in [0.25, 0.3) is 0 Å². The van der Waals surface area contributed by atoms with E-state index in [1.807, 2.05) is 13.0 Å². The van der Waals surface area contributed by atoms with Gasteiger partial charge in [-0.2, -0.15) is 5.26 Å². The standard InChI is InChI=1S/C12H13BrFNO/c1-2-3-8(7-15)12(16)10-5-4-9(13)6-11(10)14/h4-6,8,12,16H,2-3H2,1H3. The molecule has 16 heavy (non-hydrogen) atoms. The van der Waals surface area contributed by atoms with E-state index in [4.69, 9.17) is 5.26 Å². The van der Waals surface area contributed by atoms with Crippen LogP contribution in [0.3, 0.4) is 0 Å². The van der Waals surface area contributed by atoms with Crippen molar-refractivity contribution in [3.05, 3.63) is 34.1 Å². The fourth-order valence-corrected chi connectivity index (χ4v) is 1.90. The minimum atomic E-state index is -1.06. The summed E-state index contributed by atoms with van der Waals surface area (Å²) in [5.74, 6) is -1.04. The zero-order chi connectivity index (χ0) is 12.1. The van der Waals surface area contributed by atoms with Crippen LogP contribution < -0.4 is 0 Å². The van der Waals surface area contributed by atoms with Crippen LogP contribution in [0, 0.1) is 23.1 Å². The Morgan fingerprint density at radius 2 is 2.25 bits per heavy atom. The summed E-state index contributed by atoms with van der Waals surface area (Å²) in [7, 11) is 0. The van der Waals surface area contributed by atoms with Crippen molar-refractivity contribution in [3.63, 3.8) is 0 Å². The molecule has 0 fully saturated rings. The predicted molar refractivity (Wildman–Crippen MR) is 63.1 cm³/mol. The lowest BCUT2D eigenvalue weighted by Gasteiger charge is -2.16. The molecule has 2 nitrogen and oxygen atoms in total. The van der Waals surface area contributed by atoms with Gasteiger partial charge in [-0.15, -0.1) is 0 Å². The minimum absolute atomic E-state index is 0.184. The summed E-state index contributed by atoms with van der Waals surface area (Å²) in [6.45, 7) is 1.93. The van der Waals surface area contributed by atoms with Crippen LogP contribution in [0.15, 0.2) is 22.7 Å². The van der Waals surface area contributed by atoms with E-state index in [0.29, 0.717) is 10.9 Å². The summed E-state index contributed by atoms with van der Waals surface area (Å²) in [4.78, 5) is 0. The first-order valence-electron chi connectivity index (χ1n) is 5.12. The van der Waals surface area contributed by atoms with Crippen molar-refractivity contribution in [1.29, 1.82) is 5.26 Å². The molecule has 0 saturated heterocycles. The quantitative estimate of drug-likeness (QED) is 0.919. The summed E-state index contributed by atoms with van der Waals surface area (Å²) < 4.78 is 14.2. The highest BCUT2D eigenvalue weighted by atomic mass is 79.9. The number of nitriles is 1. The molecule has 4 heteroatoms. The van der Waals surface area contributed by atoms with E-state index in [1.165, 1.54) is 12.1 Å². The van der Waals surface area contributed by atoms with E-state index < -0.39 is 17.8 Å². The fraction of sp³-hybridized carbons (Fsp3) is 0.417. The number of hydrogen-bond acceptors (Lipinski definition) is 2. The van der Waals surface area contributed by atoms with Gasteiger partial charge in [-0.1, -0.05) is 35.3 Å². The van der Waals surface area contributed by atoms with Crippen LogP contribution in [0.5, 0.6) is 0 Å². The first-order chi connectivity index (χ1) is 7.60. The second-order valence-electron chi connectivity index (χ2n) is 3.63. The molecule has 2 atom stereocenters. The second kappa shape index (κ2) is 5.97. The van der Waals surface area contributed by atoms with Crippen molar-refractivity contribution in [2.75, 3.05) is 0 Å². The van der Waals surface area contributed by atoms with Crippen LogP contribution in [-0.4, -0.2) is 5.11 Å². The van der Waals surface area contributed by atoms with Crippen molar-refractivity contribution in [1.82, 2.24) is 0 Å². The number of rotatable bonds is 4. The molecule has 0 aliphatic carbocycles. The van der Waals surface area contributed by atoms with Crippen LogP contribution in [0.2, 0.25) is 0 Å². The summed E-state index contributed by atoms with van der Waals surface area (Å²) in [5.41, 5.74) is 0.184. The van der Waals surface area contributed by atoms with Gasteiger partial charge in [0.15, 0.2) is 0 Å². The highest BCUT2D eigenvalue weighted by molar-refractivity contribution is 9.10. The molecule has 0 spiro atoms. The molecule has 0 heterocycles.